The molecule has 3 aromatic rings. The van der Waals surface area contributed by atoms with Crippen LogP contribution in [0.2, 0.25) is 0 Å². The molecule has 1 amide bonds. The van der Waals surface area contributed by atoms with Crippen molar-refractivity contribution in [2.24, 2.45) is 0 Å². The molecule has 2 heterocycles. The highest BCUT2D eigenvalue weighted by molar-refractivity contribution is 7.20. The Balaban J connectivity index is 1.41. The number of amides is 1. The predicted molar refractivity (Wildman–Crippen MR) is 109 cm³/mol. The van der Waals surface area contributed by atoms with Gasteiger partial charge in [0, 0.05) is 31.7 Å². The summed E-state index contributed by atoms with van der Waals surface area (Å²) in [6.07, 6.45) is 3.52. The molecule has 1 aliphatic heterocycles. The normalized spacial score (nSPS) is 20.9. The number of rotatable bonds is 4. The fourth-order valence-electron chi connectivity index (χ4n) is 4.07. The van der Waals surface area contributed by atoms with E-state index in [-0.39, 0.29) is 11.9 Å². The third-order valence-electron chi connectivity index (χ3n) is 5.63. The van der Waals surface area contributed by atoms with Crippen LogP contribution in [0.3, 0.4) is 0 Å². The summed E-state index contributed by atoms with van der Waals surface area (Å²) in [5.74, 6) is 0.0904. The van der Waals surface area contributed by atoms with E-state index in [4.69, 9.17) is 0 Å². The first-order valence-electron chi connectivity index (χ1n) is 9.72. The maximum absolute atomic E-state index is 13.3. The molecule has 138 valence electrons. The topological polar surface area (TPSA) is 36.4 Å². The average Bonchev–Trinajstić information content (AvgIpc) is 3.46. The molecule has 1 unspecified atom stereocenters. The van der Waals surface area contributed by atoms with Gasteiger partial charge in [0.1, 0.15) is 0 Å². The summed E-state index contributed by atoms with van der Waals surface area (Å²) in [5.41, 5.74) is 2.21. The highest BCUT2D eigenvalue weighted by Gasteiger charge is 2.38. The van der Waals surface area contributed by atoms with Crippen molar-refractivity contribution in [3.05, 3.63) is 65.2 Å². The summed E-state index contributed by atoms with van der Waals surface area (Å²) < 4.78 is 1.08. The van der Waals surface area contributed by atoms with Crippen LogP contribution >= 0.6 is 11.3 Å². The number of para-hydroxylation sites is 1. The lowest BCUT2D eigenvalue weighted by atomic mass is 10.0. The first kappa shape index (κ1) is 16.9. The molecule has 1 saturated heterocycles. The number of nitrogens with zero attached hydrogens (tertiary/aromatic N) is 3. The van der Waals surface area contributed by atoms with Gasteiger partial charge in [0.15, 0.2) is 5.01 Å². The largest absolute Gasteiger partial charge is 0.331 e. The molecule has 2 fully saturated rings. The van der Waals surface area contributed by atoms with E-state index in [1.165, 1.54) is 29.7 Å². The van der Waals surface area contributed by atoms with Gasteiger partial charge in [0.25, 0.3) is 5.91 Å². The summed E-state index contributed by atoms with van der Waals surface area (Å²) in [4.78, 5) is 22.6. The van der Waals surface area contributed by atoms with E-state index >= 15 is 0 Å². The summed E-state index contributed by atoms with van der Waals surface area (Å²) in [6.45, 7) is 2.74. The lowest BCUT2D eigenvalue weighted by Crippen LogP contribution is -2.56. The fourth-order valence-corrected chi connectivity index (χ4v) is 4.99. The second-order valence-electron chi connectivity index (χ2n) is 7.55. The van der Waals surface area contributed by atoms with Gasteiger partial charge in [0.05, 0.1) is 10.2 Å². The Morgan fingerprint density at radius 1 is 1.04 bits per heavy atom. The van der Waals surface area contributed by atoms with Crippen molar-refractivity contribution in [2.45, 2.75) is 31.3 Å². The van der Waals surface area contributed by atoms with Crippen molar-refractivity contribution < 1.29 is 4.79 Å². The molecule has 0 N–H and O–H groups in total. The molecule has 2 aromatic carbocycles. The van der Waals surface area contributed by atoms with Gasteiger partial charge in [-0.1, -0.05) is 42.5 Å². The SMILES string of the molecule is O=C(c1nc2ccccc2s1)N1CCN(C2CC2)CC1Cc1ccccc1. The molecular formula is C22H23N3OS. The van der Waals surface area contributed by atoms with Crippen LogP contribution in [0.25, 0.3) is 10.2 Å². The minimum Gasteiger partial charge on any atom is -0.331 e. The highest BCUT2D eigenvalue weighted by atomic mass is 32.1. The van der Waals surface area contributed by atoms with E-state index in [1.807, 2.05) is 30.3 Å². The quantitative estimate of drug-likeness (QED) is 0.693. The van der Waals surface area contributed by atoms with Crippen LogP contribution in [0.5, 0.6) is 0 Å². The standard InChI is InChI=1S/C22H23N3OS/c26-22(21-23-19-8-4-5-9-20(19)27-21)25-13-12-24(17-10-11-17)15-18(25)14-16-6-2-1-3-7-16/h1-9,17-18H,10-15H2. The second-order valence-corrected chi connectivity index (χ2v) is 8.59. The number of aromatic nitrogens is 1. The van der Waals surface area contributed by atoms with E-state index in [9.17, 15) is 4.79 Å². The van der Waals surface area contributed by atoms with E-state index < -0.39 is 0 Å². The van der Waals surface area contributed by atoms with Gasteiger partial charge in [-0.15, -0.1) is 11.3 Å². The van der Waals surface area contributed by atoms with Gasteiger partial charge >= 0.3 is 0 Å². The zero-order valence-corrected chi connectivity index (χ0v) is 16.1. The fraction of sp³-hybridized carbons (Fsp3) is 0.364. The first-order chi connectivity index (χ1) is 13.3. The molecule has 1 saturated carbocycles. The maximum atomic E-state index is 13.3. The summed E-state index contributed by atoms with van der Waals surface area (Å²) in [7, 11) is 0. The third-order valence-corrected chi connectivity index (χ3v) is 6.65. The number of benzene rings is 2. The van der Waals surface area contributed by atoms with E-state index in [0.29, 0.717) is 5.01 Å². The number of hydrogen-bond acceptors (Lipinski definition) is 4. The Kier molecular flexibility index (Phi) is 4.42. The molecule has 4 nitrogen and oxygen atoms in total. The lowest BCUT2D eigenvalue weighted by molar-refractivity contribution is 0.0437. The molecule has 5 heteroatoms. The number of thiazole rings is 1. The molecule has 0 radical (unpaired) electrons. The Bertz CT molecular complexity index is 917. The number of piperazine rings is 1. The third kappa shape index (κ3) is 3.49. The van der Waals surface area contributed by atoms with Crippen molar-refractivity contribution in [1.82, 2.24) is 14.8 Å². The van der Waals surface area contributed by atoms with Crippen molar-refractivity contribution >= 4 is 27.5 Å². The Hall–Kier alpha value is -2.24. The zero-order valence-electron chi connectivity index (χ0n) is 15.3. The molecule has 0 bridgehead atoms. The van der Waals surface area contributed by atoms with Crippen LogP contribution in [0.15, 0.2) is 54.6 Å². The molecule has 0 spiro atoms. The van der Waals surface area contributed by atoms with Gasteiger partial charge in [-0.25, -0.2) is 4.98 Å². The van der Waals surface area contributed by atoms with Crippen LogP contribution in [-0.4, -0.2) is 52.4 Å². The van der Waals surface area contributed by atoms with Crippen LogP contribution in [0.1, 0.15) is 28.2 Å². The summed E-state index contributed by atoms with van der Waals surface area (Å²) >= 11 is 1.51. The smallest absolute Gasteiger partial charge is 0.283 e. The van der Waals surface area contributed by atoms with Gasteiger partial charge < -0.3 is 4.90 Å². The van der Waals surface area contributed by atoms with Crippen LogP contribution < -0.4 is 0 Å². The second kappa shape index (κ2) is 7.06. The molecule has 5 rings (SSSR count). The molecule has 2 aliphatic rings. The Labute approximate surface area is 163 Å². The van der Waals surface area contributed by atoms with E-state index in [2.05, 4.69) is 39.0 Å². The van der Waals surface area contributed by atoms with E-state index in [1.54, 1.807) is 0 Å². The highest BCUT2D eigenvalue weighted by Crippen LogP contribution is 2.31. The van der Waals surface area contributed by atoms with Crippen LogP contribution in [0.4, 0.5) is 0 Å². The minimum absolute atomic E-state index is 0.0904. The zero-order chi connectivity index (χ0) is 18.2. The lowest BCUT2D eigenvalue weighted by Gasteiger charge is -2.41. The summed E-state index contributed by atoms with van der Waals surface area (Å²) in [5, 5.41) is 0.620. The predicted octanol–water partition coefficient (Wildman–Crippen LogP) is 3.83. The molecule has 27 heavy (non-hydrogen) atoms. The van der Waals surface area contributed by atoms with Crippen LogP contribution in [-0.2, 0) is 6.42 Å². The number of carbonyl (C=O) groups excluding carboxylic acids is 1. The minimum atomic E-state index is 0.0904. The average molecular weight is 378 g/mol. The Morgan fingerprint density at radius 2 is 1.81 bits per heavy atom. The number of hydrogen-bond donors (Lipinski definition) is 0. The molecule has 1 aliphatic carbocycles. The van der Waals surface area contributed by atoms with Crippen molar-refractivity contribution in [2.75, 3.05) is 19.6 Å². The van der Waals surface area contributed by atoms with Crippen molar-refractivity contribution in [1.29, 1.82) is 0 Å². The number of carbonyl (C=O) groups is 1. The first-order valence-corrected chi connectivity index (χ1v) is 10.5. The van der Waals surface area contributed by atoms with Gasteiger partial charge in [-0.2, -0.15) is 0 Å². The monoisotopic (exact) mass is 377 g/mol. The molecule has 1 atom stereocenters. The van der Waals surface area contributed by atoms with Crippen molar-refractivity contribution in [3.63, 3.8) is 0 Å². The van der Waals surface area contributed by atoms with Crippen molar-refractivity contribution in [3.8, 4) is 0 Å². The number of fused-ring (bicyclic) bond motifs is 1. The van der Waals surface area contributed by atoms with E-state index in [0.717, 1.165) is 42.3 Å². The van der Waals surface area contributed by atoms with Gasteiger partial charge in [-0.05, 0) is 37.0 Å². The van der Waals surface area contributed by atoms with Gasteiger partial charge in [0.2, 0.25) is 0 Å². The molecule has 1 aromatic heterocycles. The van der Waals surface area contributed by atoms with Crippen LogP contribution in [0, 0.1) is 0 Å². The summed E-state index contributed by atoms with van der Waals surface area (Å²) in [6, 6.07) is 19.5. The molecular weight excluding hydrogens is 354 g/mol. The Morgan fingerprint density at radius 3 is 2.59 bits per heavy atom. The maximum Gasteiger partial charge on any atom is 0.283 e. The van der Waals surface area contributed by atoms with Gasteiger partial charge in [-0.3, -0.25) is 9.69 Å².